The monoisotopic (exact) mass is 258 g/mol. The van der Waals surface area contributed by atoms with Crippen molar-refractivity contribution in [3.05, 3.63) is 35.4 Å². The van der Waals surface area contributed by atoms with Crippen molar-refractivity contribution in [1.29, 1.82) is 0 Å². The second-order valence-electron chi connectivity index (χ2n) is 5.15. The zero-order valence-electron chi connectivity index (χ0n) is 10.7. The number of alkyl halides is 3. The van der Waals surface area contributed by atoms with Crippen molar-refractivity contribution in [3.63, 3.8) is 0 Å². The fraction of sp³-hybridized carbons (Fsp3) is 0.462. The van der Waals surface area contributed by atoms with Gasteiger partial charge in [-0.3, -0.25) is 4.99 Å². The molecule has 100 valence electrons. The highest BCUT2D eigenvalue weighted by Gasteiger charge is 2.30. The first-order valence-electron chi connectivity index (χ1n) is 5.58. The Labute approximate surface area is 105 Å². The van der Waals surface area contributed by atoms with Gasteiger partial charge in [0.15, 0.2) is 0 Å². The van der Waals surface area contributed by atoms with E-state index in [-0.39, 0.29) is 12.0 Å². The lowest BCUT2D eigenvalue weighted by Crippen LogP contribution is -2.22. The van der Waals surface area contributed by atoms with Gasteiger partial charge in [-0.15, -0.1) is 0 Å². The minimum absolute atomic E-state index is 0.223. The molecule has 0 radical (unpaired) electrons. The molecule has 0 aliphatic rings. The predicted molar refractivity (Wildman–Crippen MR) is 66.5 cm³/mol. The van der Waals surface area contributed by atoms with Crippen LogP contribution in [0.25, 0.3) is 0 Å². The third-order valence-corrected chi connectivity index (χ3v) is 2.12. The molecule has 0 saturated carbocycles. The molecule has 0 aromatic heterocycles. The number of rotatable bonds is 2. The summed E-state index contributed by atoms with van der Waals surface area (Å²) in [7, 11) is 0. The number of nitrogens with zero attached hydrogens (tertiary/aromatic N) is 1. The van der Waals surface area contributed by atoms with E-state index in [1.165, 1.54) is 6.07 Å². The summed E-state index contributed by atoms with van der Waals surface area (Å²) in [5, 5.41) is 0. The third kappa shape index (κ3) is 4.77. The van der Waals surface area contributed by atoms with Crippen molar-refractivity contribution in [2.75, 3.05) is 0 Å². The molecule has 1 aromatic carbocycles. The summed E-state index contributed by atoms with van der Waals surface area (Å²) in [6.07, 6.45) is -4.10. The molecule has 0 bridgehead atoms. The van der Waals surface area contributed by atoms with Gasteiger partial charge in [-0.1, -0.05) is 18.2 Å². The van der Waals surface area contributed by atoms with Gasteiger partial charge in [0.2, 0.25) is 0 Å². The SMILES string of the molecule is CC(C)(C)N=C(N)Cc1cccc(C(F)(F)F)c1. The van der Waals surface area contributed by atoms with Crippen LogP contribution in [0, 0.1) is 0 Å². The smallest absolute Gasteiger partial charge is 0.387 e. The zero-order valence-corrected chi connectivity index (χ0v) is 10.7. The Morgan fingerprint density at radius 2 is 1.83 bits per heavy atom. The van der Waals surface area contributed by atoms with Crippen molar-refractivity contribution in [2.45, 2.75) is 38.9 Å². The maximum Gasteiger partial charge on any atom is 0.416 e. The maximum absolute atomic E-state index is 12.5. The molecule has 0 aliphatic carbocycles. The largest absolute Gasteiger partial charge is 0.416 e. The van der Waals surface area contributed by atoms with Crippen molar-refractivity contribution >= 4 is 5.84 Å². The summed E-state index contributed by atoms with van der Waals surface area (Å²) < 4.78 is 37.5. The van der Waals surface area contributed by atoms with E-state index in [0.717, 1.165) is 12.1 Å². The van der Waals surface area contributed by atoms with E-state index in [1.807, 2.05) is 20.8 Å². The normalized spacial score (nSPS) is 13.8. The number of halogens is 3. The third-order valence-electron chi connectivity index (χ3n) is 2.12. The maximum atomic E-state index is 12.5. The lowest BCUT2D eigenvalue weighted by molar-refractivity contribution is -0.137. The first kappa shape index (κ1) is 14.5. The van der Waals surface area contributed by atoms with Crippen LogP contribution in [0.1, 0.15) is 31.9 Å². The predicted octanol–water partition coefficient (Wildman–Crippen LogP) is 3.40. The molecular formula is C13H17F3N2. The van der Waals surface area contributed by atoms with E-state index in [0.29, 0.717) is 11.4 Å². The molecule has 0 spiro atoms. The van der Waals surface area contributed by atoms with Crippen LogP contribution in [0.3, 0.4) is 0 Å². The Balaban J connectivity index is 2.90. The fourth-order valence-corrected chi connectivity index (χ4v) is 1.54. The van der Waals surface area contributed by atoms with E-state index in [9.17, 15) is 13.2 Å². The summed E-state index contributed by atoms with van der Waals surface area (Å²) in [4.78, 5) is 4.21. The van der Waals surface area contributed by atoms with Crippen molar-refractivity contribution in [2.24, 2.45) is 10.7 Å². The quantitative estimate of drug-likeness (QED) is 0.640. The lowest BCUT2D eigenvalue weighted by atomic mass is 10.1. The molecule has 18 heavy (non-hydrogen) atoms. The van der Waals surface area contributed by atoms with E-state index >= 15 is 0 Å². The summed E-state index contributed by atoms with van der Waals surface area (Å²) in [6.45, 7) is 5.64. The molecular weight excluding hydrogens is 241 g/mol. The number of aliphatic imine (C=N–C) groups is 1. The fourth-order valence-electron chi connectivity index (χ4n) is 1.54. The summed E-state index contributed by atoms with van der Waals surface area (Å²) in [5.41, 5.74) is 5.24. The van der Waals surface area contributed by atoms with Gasteiger partial charge in [-0.2, -0.15) is 13.2 Å². The first-order chi connectivity index (χ1) is 8.08. The molecule has 1 aromatic rings. The summed E-state index contributed by atoms with van der Waals surface area (Å²) >= 11 is 0. The van der Waals surface area contributed by atoms with Gasteiger partial charge < -0.3 is 5.73 Å². The van der Waals surface area contributed by atoms with Gasteiger partial charge in [-0.25, -0.2) is 0 Å². The zero-order chi connectivity index (χ0) is 14.0. The van der Waals surface area contributed by atoms with Crippen molar-refractivity contribution < 1.29 is 13.2 Å². The standard InChI is InChI=1S/C13H17F3N2/c1-12(2,3)18-11(17)8-9-5-4-6-10(7-9)13(14,15)16/h4-7H,8H2,1-3H3,(H2,17,18). The van der Waals surface area contributed by atoms with Crippen LogP contribution in [0.4, 0.5) is 13.2 Å². The van der Waals surface area contributed by atoms with Gasteiger partial charge >= 0.3 is 6.18 Å². The molecule has 2 N–H and O–H groups in total. The van der Waals surface area contributed by atoms with Crippen LogP contribution in [0.5, 0.6) is 0 Å². The Bertz CT molecular complexity index is 442. The highest BCUT2D eigenvalue weighted by Crippen LogP contribution is 2.29. The van der Waals surface area contributed by atoms with E-state index < -0.39 is 11.7 Å². The van der Waals surface area contributed by atoms with Crippen molar-refractivity contribution in [1.82, 2.24) is 0 Å². The molecule has 2 nitrogen and oxygen atoms in total. The van der Waals surface area contributed by atoms with Crippen LogP contribution >= 0.6 is 0 Å². The molecule has 0 atom stereocenters. The number of hydrogen-bond acceptors (Lipinski definition) is 1. The van der Waals surface area contributed by atoms with E-state index in [4.69, 9.17) is 5.73 Å². The van der Waals surface area contributed by atoms with Crippen LogP contribution in [-0.4, -0.2) is 11.4 Å². The average Bonchev–Trinajstić information content (AvgIpc) is 2.13. The number of hydrogen-bond donors (Lipinski definition) is 1. The van der Waals surface area contributed by atoms with E-state index in [2.05, 4.69) is 4.99 Å². The van der Waals surface area contributed by atoms with Gasteiger partial charge in [-0.05, 0) is 32.4 Å². The van der Waals surface area contributed by atoms with Gasteiger partial charge in [0.25, 0.3) is 0 Å². The van der Waals surface area contributed by atoms with Crippen LogP contribution in [-0.2, 0) is 12.6 Å². The van der Waals surface area contributed by atoms with Gasteiger partial charge in [0.1, 0.15) is 0 Å². The molecule has 1 rings (SSSR count). The van der Waals surface area contributed by atoms with Crippen LogP contribution < -0.4 is 5.73 Å². The molecule has 0 amide bonds. The highest BCUT2D eigenvalue weighted by atomic mass is 19.4. The summed E-state index contributed by atoms with van der Waals surface area (Å²) in [6, 6.07) is 5.13. The second kappa shape index (κ2) is 5.00. The average molecular weight is 258 g/mol. The summed E-state index contributed by atoms with van der Waals surface area (Å²) in [5.74, 6) is 0.335. The Kier molecular flexibility index (Phi) is 4.04. The number of benzene rings is 1. The first-order valence-corrected chi connectivity index (χ1v) is 5.58. The number of amidine groups is 1. The van der Waals surface area contributed by atoms with Crippen LogP contribution in [0.15, 0.2) is 29.3 Å². The number of nitrogens with two attached hydrogens (primary N) is 1. The molecule has 5 heteroatoms. The topological polar surface area (TPSA) is 38.4 Å². The Hall–Kier alpha value is -1.52. The van der Waals surface area contributed by atoms with Gasteiger partial charge in [0, 0.05) is 6.42 Å². The lowest BCUT2D eigenvalue weighted by Gasteiger charge is -2.14. The minimum Gasteiger partial charge on any atom is -0.387 e. The molecule has 0 unspecified atom stereocenters. The minimum atomic E-state index is -4.33. The highest BCUT2D eigenvalue weighted by molar-refractivity contribution is 5.83. The van der Waals surface area contributed by atoms with E-state index in [1.54, 1.807) is 6.07 Å². The van der Waals surface area contributed by atoms with Gasteiger partial charge in [0.05, 0.1) is 16.9 Å². The second-order valence-corrected chi connectivity index (χ2v) is 5.15. The van der Waals surface area contributed by atoms with Crippen molar-refractivity contribution in [3.8, 4) is 0 Å². The molecule has 0 saturated heterocycles. The molecule has 0 heterocycles. The Morgan fingerprint density at radius 3 is 2.33 bits per heavy atom. The molecule has 0 aliphatic heterocycles. The molecule has 0 fully saturated rings. The van der Waals surface area contributed by atoms with Crippen LogP contribution in [0.2, 0.25) is 0 Å². The Morgan fingerprint density at radius 1 is 1.22 bits per heavy atom.